The van der Waals surface area contributed by atoms with Crippen LogP contribution < -0.4 is 0 Å². The van der Waals surface area contributed by atoms with Gasteiger partial charge in [0.1, 0.15) is 0 Å². The topological polar surface area (TPSA) is 4.41 Å². The van der Waals surface area contributed by atoms with Crippen molar-refractivity contribution in [2.45, 2.75) is 0 Å². The summed E-state index contributed by atoms with van der Waals surface area (Å²) in [4.78, 5) is 0. The van der Waals surface area contributed by atoms with Gasteiger partial charge in [-0.05, 0) is 0 Å². The Hall–Kier alpha value is -4.92. The van der Waals surface area contributed by atoms with Crippen molar-refractivity contribution in [3.8, 4) is 11.1 Å². The van der Waals surface area contributed by atoms with Crippen molar-refractivity contribution in [1.82, 2.24) is 4.40 Å². The number of nitrogens with zero attached hydrogens (tertiary/aromatic N) is 1. The Bertz CT molecular complexity index is 3030. The first kappa shape index (κ1) is 24.4. The van der Waals surface area contributed by atoms with Crippen molar-refractivity contribution < 1.29 is 0 Å². The molecule has 0 saturated heterocycles. The molecule has 0 amide bonds. The molecule has 0 aliphatic carbocycles. The van der Waals surface area contributed by atoms with E-state index in [1.165, 1.54) is 99.5 Å². The van der Waals surface area contributed by atoms with Crippen LogP contribution in [0.3, 0.4) is 0 Å². The fourth-order valence-corrected chi connectivity index (χ4v) is 11.4. The van der Waals surface area contributed by atoms with E-state index in [1.807, 2.05) is 11.3 Å². The summed E-state index contributed by atoms with van der Waals surface area (Å²) < 4.78 is 8.21. The normalized spacial score (nSPS) is 12.4. The van der Waals surface area contributed by atoms with Crippen LogP contribution in [0.1, 0.15) is 0 Å². The van der Waals surface area contributed by atoms with Crippen LogP contribution in [0.2, 0.25) is 0 Å². The Balaban J connectivity index is 1.34. The summed E-state index contributed by atoms with van der Waals surface area (Å²) in [5.74, 6) is 0. The maximum absolute atomic E-state index is 2.56. The quantitative estimate of drug-likeness (QED) is 0.156. The first-order valence-electron chi connectivity index (χ1n) is 15.4. The van der Waals surface area contributed by atoms with Gasteiger partial charge in [0.2, 0.25) is 0 Å². The van der Waals surface area contributed by atoms with Crippen LogP contribution in [0.25, 0.3) is 99.5 Å². The first-order valence-corrected chi connectivity index (χ1v) is 17.9. The van der Waals surface area contributed by atoms with Crippen molar-refractivity contribution in [3.05, 3.63) is 140 Å². The number of thiophene rings is 1. The van der Waals surface area contributed by atoms with Crippen molar-refractivity contribution >= 4 is 114 Å². The summed E-state index contributed by atoms with van der Waals surface area (Å²) in [6.07, 6.45) is 0. The summed E-state index contributed by atoms with van der Waals surface area (Å²) in [7, 11) is 0. The second kappa shape index (κ2) is 8.84. The van der Waals surface area contributed by atoms with E-state index in [4.69, 9.17) is 0 Å². The van der Waals surface area contributed by atoms with E-state index >= 15 is 0 Å². The predicted octanol–water partition coefficient (Wildman–Crippen LogP) is 12.0. The standard InChI is InChI=1S/C42H23NSSe/c1-2-9-27-26(8-1)28-10-3-5-13-34(28)43-35-20-17-24(25-16-18-30-29-11-4-6-15-38(29)45-39(30)23-25)22-33(35)32-19-21-37-41(42(32)43)40-31(27)12-7-14-36(40)44-37/h1-23H. The Morgan fingerprint density at radius 3 is 1.96 bits per heavy atom. The molecule has 11 rings (SSSR count). The number of para-hydroxylation sites is 1. The van der Waals surface area contributed by atoms with Gasteiger partial charge in [-0.25, -0.2) is 0 Å². The van der Waals surface area contributed by atoms with Gasteiger partial charge in [0.05, 0.1) is 0 Å². The number of fused-ring (bicyclic) bond motifs is 11. The average molecular weight is 653 g/mol. The van der Waals surface area contributed by atoms with E-state index in [2.05, 4.69) is 144 Å². The number of rotatable bonds is 1. The van der Waals surface area contributed by atoms with Gasteiger partial charge in [-0.1, -0.05) is 24.3 Å². The van der Waals surface area contributed by atoms with Crippen LogP contribution in [0.4, 0.5) is 0 Å². The molecule has 0 aliphatic heterocycles. The van der Waals surface area contributed by atoms with Crippen molar-refractivity contribution in [2.75, 3.05) is 0 Å². The molecule has 1 nitrogen and oxygen atoms in total. The van der Waals surface area contributed by atoms with Gasteiger partial charge in [0, 0.05) is 0 Å². The molecular formula is C42H23NSSe. The monoisotopic (exact) mass is 653 g/mol. The average Bonchev–Trinajstić information content (AvgIpc) is 3.77. The Kier molecular flexibility index (Phi) is 4.79. The molecule has 45 heavy (non-hydrogen) atoms. The van der Waals surface area contributed by atoms with E-state index in [1.54, 1.807) is 0 Å². The SMILES string of the molecule is c1ccc2c(c1)[se]c1cc(-c3ccc4c(c3)c3ccc5sc6cccc7c8ccccc8c8ccccc8n4c3c5c67)ccc12. The summed E-state index contributed by atoms with van der Waals surface area (Å²) >= 11 is 2.26. The molecule has 0 saturated carbocycles. The van der Waals surface area contributed by atoms with Crippen LogP contribution in [0.15, 0.2) is 140 Å². The van der Waals surface area contributed by atoms with Gasteiger partial charge in [0.15, 0.2) is 0 Å². The minimum atomic E-state index is 0.346. The zero-order chi connectivity index (χ0) is 29.2. The van der Waals surface area contributed by atoms with Crippen LogP contribution in [0.5, 0.6) is 0 Å². The molecular weight excluding hydrogens is 629 g/mol. The van der Waals surface area contributed by atoms with E-state index in [-0.39, 0.29) is 0 Å². The van der Waals surface area contributed by atoms with Gasteiger partial charge < -0.3 is 0 Å². The maximum atomic E-state index is 2.56. The third-order valence-corrected chi connectivity index (χ3v) is 13.3. The van der Waals surface area contributed by atoms with Gasteiger partial charge in [0.25, 0.3) is 0 Å². The molecule has 0 atom stereocenters. The van der Waals surface area contributed by atoms with E-state index in [9.17, 15) is 0 Å². The Morgan fingerprint density at radius 1 is 0.400 bits per heavy atom. The van der Waals surface area contributed by atoms with E-state index in [0.717, 1.165) is 0 Å². The van der Waals surface area contributed by atoms with Crippen LogP contribution in [-0.2, 0) is 0 Å². The number of hydrogen-bond acceptors (Lipinski definition) is 1. The molecule has 0 N–H and O–H groups in total. The molecule has 0 bridgehead atoms. The Morgan fingerprint density at radius 2 is 1.04 bits per heavy atom. The van der Waals surface area contributed by atoms with Crippen LogP contribution in [0, 0.1) is 0 Å². The van der Waals surface area contributed by atoms with Crippen molar-refractivity contribution in [2.24, 2.45) is 0 Å². The minimum absolute atomic E-state index is 0.346. The number of hydrogen-bond donors (Lipinski definition) is 0. The molecule has 7 aromatic carbocycles. The third-order valence-electron chi connectivity index (χ3n) is 9.75. The second-order valence-corrected chi connectivity index (χ2v) is 15.4. The van der Waals surface area contributed by atoms with E-state index in [0.29, 0.717) is 14.5 Å². The molecule has 0 fully saturated rings. The van der Waals surface area contributed by atoms with Crippen molar-refractivity contribution in [3.63, 3.8) is 0 Å². The molecule has 0 aliphatic rings. The van der Waals surface area contributed by atoms with Gasteiger partial charge >= 0.3 is 245 Å². The zero-order valence-electron chi connectivity index (χ0n) is 24.0. The summed E-state index contributed by atoms with van der Waals surface area (Å²) in [5, 5.41) is 13.3. The number of aromatic nitrogens is 1. The van der Waals surface area contributed by atoms with E-state index < -0.39 is 0 Å². The molecule has 0 spiro atoms. The fraction of sp³-hybridized carbons (Fsp3) is 0. The van der Waals surface area contributed by atoms with Crippen LogP contribution in [-0.4, -0.2) is 18.9 Å². The fourth-order valence-electron chi connectivity index (χ4n) is 7.82. The molecule has 3 heteroatoms. The predicted molar refractivity (Wildman–Crippen MR) is 198 cm³/mol. The number of benzene rings is 7. The summed E-state index contributed by atoms with van der Waals surface area (Å²) in [6, 6.07) is 52.6. The first-order chi connectivity index (χ1) is 22.3. The molecule has 4 aromatic heterocycles. The third kappa shape index (κ3) is 3.22. The molecule has 11 aromatic rings. The summed E-state index contributed by atoms with van der Waals surface area (Å²) in [6.45, 7) is 0. The molecule has 4 heterocycles. The van der Waals surface area contributed by atoms with Gasteiger partial charge in [-0.2, -0.15) is 0 Å². The molecule has 0 radical (unpaired) electrons. The zero-order valence-corrected chi connectivity index (χ0v) is 26.6. The molecule has 208 valence electrons. The Labute approximate surface area is 267 Å². The molecule has 0 unspecified atom stereocenters. The van der Waals surface area contributed by atoms with Crippen molar-refractivity contribution in [1.29, 1.82) is 0 Å². The van der Waals surface area contributed by atoms with Gasteiger partial charge in [-0.3, -0.25) is 0 Å². The summed E-state index contributed by atoms with van der Waals surface area (Å²) in [5.41, 5.74) is 6.37. The van der Waals surface area contributed by atoms with Gasteiger partial charge in [-0.15, -0.1) is 0 Å². The van der Waals surface area contributed by atoms with Crippen LogP contribution >= 0.6 is 11.3 Å². The second-order valence-electron chi connectivity index (χ2n) is 12.1.